The van der Waals surface area contributed by atoms with E-state index in [0.717, 1.165) is 13.0 Å². The van der Waals surface area contributed by atoms with E-state index in [2.05, 4.69) is 0 Å². The first-order valence-corrected chi connectivity index (χ1v) is 3.02. The van der Waals surface area contributed by atoms with Crippen molar-refractivity contribution in [2.45, 2.75) is 31.9 Å². The minimum atomic E-state index is -0.0694. The van der Waals surface area contributed by atoms with Crippen molar-refractivity contribution in [2.75, 3.05) is 6.61 Å². The second-order valence-electron chi connectivity index (χ2n) is 2.85. The summed E-state index contributed by atoms with van der Waals surface area (Å²) in [5.41, 5.74) is 5.62. The van der Waals surface area contributed by atoms with E-state index in [4.69, 9.17) is 10.5 Å². The number of rotatable bonds is 0. The maximum absolute atomic E-state index is 5.69. The van der Waals surface area contributed by atoms with E-state index in [1.165, 1.54) is 0 Å². The molecule has 2 N–H and O–H groups in total. The maximum atomic E-state index is 5.69. The van der Waals surface area contributed by atoms with Crippen LogP contribution < -0.4 is 5.73 Å². The normalized spacial score (nSPS) is 35.6. The Morgan fingerprint density at radius 1 is 1.62 bits per heavy atom. The molecule has 8 heavy (non-hydrogen) atoms. The Bertz CT molecular complexity index is 90.5. The van der Waals surface area contributed by atoms with Crippen molar-refractivity contribution >= 4 is 0 Å². The summed E-state index contributed by atoms with van der Waals surface area (Å²) in [5, 5.41) is 0. The minimum absolute atomic E-state index is 0.0694. The van der Waals surface area contributed by atoms with Gasteiger partial charge in [0.25, 0.3) is 0 Å². The maximum Gasteiger partial charge on any atom is 0.0777 e. The molecule has 0 radical (unpaired) electrons. The third kappa shape index (κ3) is 0.858. The van der Waals surface area contributed by atoms with Crippen LogP contribution in [0.1, 0.15) is 20.3 Å². The Hall–Kier alpha value is -0.0800. The summed E-state index contributed by atoms with van der Waals surface area (Å²) in [6, 6.07) is 0.238. The van der Waals surface area contributed by atoms with E-state index in [1.807, 2.05) is 13.8 Å². The summed E-state index contributed by atoms with van der Waals surface area (Å²) in [6.07, 6.45) is 1.01. The van der Waals surface area contributed by atoms with Gasteiger partial charge in [0.15, 0.2) is 0 Å². The molecule has 0 unspecified atom stereocenters. The molecule has 0 aromatic rings. The number of hydrogen-bond acceptors (Lipinski definition) is 2. The van der Waals surface area contributed by atoms with Crippen molar-refractivity contribution in [2.24, 2.45) is 5.73 Å². The summed E-state index contributed by atoms with van der Waals surface area (Å²) in [6.45, 7) is 4.89. The van der Waals surface area contributed by atoms with Gasteiger partial charge in [0, 0.05) is 12.6 Å². The van der Waals surface area contributed by atoms with E-state index in [0.29, 0.717) is 0 Å². The van der Waals surface area contributed by atoms with Gasteiger partial charge in [-0.25, -0.2) is 0 Å². The van der Waals surface area contributed by atoms with Gasteiger partial charge in [-0.05, 0) is 20.3 Å². The van der Waals surface area contributed by atoms with E-state index in [1.54, 1.807) is 0 Å². The van der Waals surface area contributed by atoms with Crippen LogP contribution in [0.2, 0.25) is 0 Å². The largest absolute Gasteiger partial charge is 0.374 e. The summed E-state index contributed by atoms with van der Waals surface area (Å²) in [7, 11) is 0. The second-order valence-corrected chi connectivity index (χ2v) is 2.85. The molecule has 2 nitrogen and oxygen atoms in total. The number of nitrogens with two attached hydrogens (primary N) is 1. The van der Waals surface area contributed by atoms with Crippen molar-refractivity contribution < 1.29 is 4.74 Å². The molecule has 1 fully saturated rings. The molecule has 1 heterocycles. The molecular formula is C6H13NO. The Morgan fingerprint density at radius 2 is 2.25 bits per heavy atom. The minimum Gasteiger partial charge on any atom is -0.374 e. The van der Waals surface area contributed by atoms with Crippen LogP contribution in [0, 0.1) is 0 Å². The highest BCUT2D eigenvalue weighted by Crippen LogP contribution is 2.22. The molecule has 1 rings (SSSR count). The van der Waals surface area contributed by atoms with Gasteiger partial charge < -0.3 is 10.5 Å². The van der Waals surface area contributed by atoms with Crippen LogP contribution in [0.25, 0.3) is 0 Å². The van der Waals surface area contributed by atoms with Crippen molar-refractivity contribution in [3.63, 3.8) is 0 Å². The molecule has 48 valence electrons. The predicted octanol–water partition coefficient (Wildman–Crippen LogP) is 0.513. The van der Waals surface area contributed by atoms with Crippen molar-refractivity contribution in [1.82, 2.24) is 0 Å². The molecule has 2 heteroatoms. The Morgan fingerprint density at radius 3 is 2.38 bits per heavy atom. The molecule has 0 amide bonds. The van der Waals surface area contributed by atoms with Gasteiger partial charge in [0.2, 0.25) is 0 Å². The molecular weight excluding hydrogens is 102 g/mol. The lowest BCUT2D eigenvalue weighted by Gasteiger charge is -2.21. The van der Waals surface area contributed by atoms with Gasteiger partial charge in [0.05, 0.1) is 5.60 Å². The first-order valence-electron chi connectivity index (χ1n) is 3.02. The van der Waals surface area contributed by atoms with Crippen LogP contribution in [-0.4, -0.2) is 18.2 Å². The van der Waals surface area contributed by atoms with Crippen LogP contribution in [0.4, 0.5) is 0 Å². The molecule has 0 spiro atoms. The fourth-order valence-electron chi connectivity index (χ4n) is 0.904. The third-order valence-electron chi connectivity index (χ3n) is 1.80. The highest BCUT2D eigenvalue weighted by Gasteiger charge is 2.32. The summed E-state index contributed by atoms with van der Waals surface area (Å²) in [5.74, 6) is 0. The zero-order valence-corrected chi connectivity index (χ0v) is 5.48. The molecule has 0 bridgehead atoms. The fraction of sp³-hybridized carbons (Fsp3) is 1.00. The standard InChI is InChI=1S/C6H13NO/c1-6(2)5(7)3-4-8-6/h5H,3-4,7H2,1-2H3/t5-/m1/s1. The van der Waals surface area contributed by atoms with Crippen LogP contribution in [0.5, 0.6) is 0 Å². The summed E-state index contributed by atoms with van der Waals surface area (Å²) >= 11 is 0. The molecule has 0 aromatic heterocycles. The monoisotopic (exact) mass is 115 g/mol. The molecule has 1 saturated heterocycles. The Balaban J connectivity index is 2.54. The van der Waals surface area contributed by atoms with E-state index >= 15 is 0 Å². The zero-order valence-electron chi connectivity index (χ0n) is 5.48. The summed E-state index contributed by atoms with van der Waals surface area (Å²) < 4.78 is 5.33. The first-order chi connectivity index (χ1) is 3.63. The second kappa shape index (κ2) is 1.71. The van der Waals surface area contributed by atoms with Crippen molar-refractivity contribution in [1.29, 1.82) is 0 Å². The highest BCUT2D eigenvalue weighted by molar-refractivity contribution is 4.87. The van der Waals surface area contributed by atoms with Gasteiger partial charge >= 0.3 is 0 Å². The Kier molecular flexibility index (Phi) is 1.29. The van der Waals surface area contributed by atoms with E-state index in [9.17, 15) is 0 Å². The van der Waals surface area contributed by atoms with Crippen LogP contribution in [0.15, 0.2) is 0 Å². The first kappa shape index (κ1) is 6.05. The molecule has 1 atom stereocenters. The van der Waals surface area contributed by atoms with Crippen LogP contribution >= 0.6 is 0 Å². The highest BCUT2D eigenvalue weighted by atomic mass is 16.5. The number of ether oxygens (including phenoxy) is 1. The molecule has 0 aromatic carbocycles. The number of hydrogen-bond donors (Lipinski definition) is 1. The van der Waals surface area contributed by atoms with Crippen LogP contribution in [-0.2, 0) is 4.74 Å². The lowest BCUT2D eigenvalue weighted by Crippen LogP contribution is -2.38. The predicted molar refractivity (Wildman–Crippen MR) is 32.6 cm³/mol. The van der Waals surface area contributed by atoms with Gasteiger partial charge in [-0.1, -0.05) is 0 Å². The molecule has 1 aliphatic rings. The SMILES string of the molecule is CC1(C)OCC[C@H]1N. The van der Waals surface area contributed by atoms with Crippen molar-refractivity contribution in [3.8, 4) is 0 Å². The zero-order chi connectivity index (χ0) is 6.20. The molecule has 0 saturated carbocycles. The van der Waals surface area contributed by atoms with E-state index < -0.39 is 0 Å². The van der Waals surface area contributed by atoms with Gasteiger partial charge in [0.1, 0.15) is 0 Å². The van der Waals surface area contributed by atoms with Gasteiger partial charge in [-0.15, -0.1) is 0 Å². The fourth-order valence-corrected chi connectivity index (χ4v) is 0.904. The average molecular weight is 115 g/mol. The average Bonchev–Trinajstić information content (AvgIpc) is 1.86. The summed E-state index contributed by atoms with van der Waals surface area (Å²) in [4.78, 5) is 0. The quantitative estimate of drug-likeness (QED) is 0.499. The van der Waals surface area contributed by atoms with Gasteiger partial charge in [-0.2, -0.15) is 0 Å². The van der Waals surface area contributed by atoms with E-state index in [-0.39, 0.29) is 11.6 Å². The smallest absolute Gasteiger partial charge is 0.0777 e. The molecule has 1 aliphatic heterocycles. The topological polar surface area (TPSA) is 35.2 Å². The lowest BCUT2D eigenvalue weighted by atomic mass is 10.0. The van der Waals surface area contributed by atoms with Gasteiger partial charge in [-0.3, -0.25) is 0 Å². The third-order valence-corrected chi connectivity index (χ3v) is 1.80. The lowest BCUT2D eigenvalue weighted by molar-refractivity contribution is 0.0283. The molecule has 0 aliphatic carbocycles. The van der Waals surface area contributed by atoms with Crippen LogP contribution in [0.3, 0.4) is 0 Å². The Labute approximate surface area is 50.0 Å². The van der Waals surface area contributed by atoms with Crippen molar-refractivity contribution in [3.05, 3.63) is 0 Å².